The zero-order chi connectivity index (χ0) is 7.84. The number of nitrogens with two attached hydrogens (primary N) is 1. The molecule has 0 radical (unpaired) electrons. The lowest BCUT2D eigenvalue weighted by molar-refractivity contribution is 0.944. The minimum atomic E-state index is 0.576. The summed E-state index contributed by atoms with van der Waals surface area (Å²) in [5, 5.41) is 4.58. The molecule has 2 rings (SSSR count). The highest BCUT2D eigenvalue weighted by molar-refractivity contribution is 6.30. The normalized spacial score (nSPS) is 10.6. The summed E-state index contributed by atoms with van der Waals surface area (Å²) in [6.07, 6.45) is 1.62. The van der Waals surface area contributed by atoms with E-state index in [2.05, 4.69) is 5.10 Å². The van der Waals surface area contributed by atoms with E-state index in [0.29, 0.717) is 10.8 Å². The summed E-state index contributed by atoms with van der Waals surface area (Å²) in [6, 6.07) is 5.34. The van der Waals surface area contributed by atoms with Crippen molar-refractivity contribution >= 4 is 22.8 Å². The van der Waals surface area contributed by atoms with Crippen molar-refractivity contribution in [2.24, 2.45) is 0 Å². The van der Waals surface area contributed by atoms with Crippen LogP contribution < -0.4 is 5.73 Å². The maximum Gasteiger partial charge on any atom is 0.131 e. The highest BCUT2D eigenvalue weighted by atomic mass is 35.5. The summed E-state index contributed by atoms with van der Waals surface area (Å²) < 4.78 is 1.59. The number of fused-ring (bicyclic) bond motifs is 1. The standard InChI is InChI=1S/C7H6ClN3/c8-7-2-1-6-5(9)3-4-10-11(6)7/h1-4H,9H2. The number of anilines is 1. The smallest absolute Gasteiger partial charge is 0.131 e. The molecule has 0 saturated carbocycles. The van der Waals surface area contributed by atoms with E-state index in [-0.39, 0.29) is 0 Å². The molecule has 0 bridgehead atoms. The quantitative estimate of drug-likeness (QED) is 0.647. The van der Waals surface area contributed by atoms with E-state index in [0.717, 1.165) is 5.52 Å². The van der Waals surface area contributed by atoms with Gasteiger partial charge in [-0.2, -0.15) is 5.10 Å². The number of hydrogen-bond donors (Lipinski definition) is 1. The molecule has 11 heavy (non-hydrogen) atoms. The Morgan fingerprint density at radius 3 is 2.91 bits per heavy atom. The van der Waals surface area contributed by atoms with Crippen molar-refractivity contribution in [3.8, 4) is 0 Å². The molecule has 0 saturated heterocycles. The Morgan fingerprint density at radius 1 is 1.36 bits per heavy atom. The van der Waals surface area contributed by atoms with Crippen molar-refractivity contribution < 1.29 is 0 Å². The first-order valence-corrected chi connectivity index (χ1v) is 3.54. The second-order valence-corrected chi connectivity index (χ2v) is 2.63. The molecule has 0 atom stereocenters. The van der Waals surface area contributed by atoms with E-state index in [9.17, 15) is 0 Å². The van der Waals surface area contributed by atoms with Crippen LogP contribution in [-0.4, -0.2) is 9.61 Å². The van der Waals surface area contributed by atoms with Crippen molar-refractivity contribution in [2.45, 2.75) is 0 Å². The molecular formula is C7H6ClN3. The fourth-order valence-electron chi connectivity index (χ4n) is 1.01. The molecule has 0 aliphatic rings. The molecule has 0 amide bonds. The number of halogens is 1. The third-order valence-electron chi connectivity index (χ3n) is 1.54. The van der Waals surface area contributed by atoms with Gasteiger partial charge in [0.25, 0.3) is 0 Å². The summed E-state index contributed by atoms with van der Waals surface area (Å²) in [4.78, 5) is 0. The minimum absolute atomic E-state index is 0.576. The Labute approximate surface area is 68.4 Å². The first-order chi connectivity index (χ1) is 5.29. The van der Waals surface area contributed by atoms with Crippen molar-refractivity contribution in [3.63, 3.8) is 0 Å². The van der Waals surface area contributed by atoms with E-state index in [1.807, 2.05) is 6.07 Å². The predicted molar refractivity (Wildman–Crippen MR) is 44.6 cm³/mol. The summed E-state index contributed by atoms with van der Waals surface area (Å²) in [5.74, 6) is 0. The Kier molecular flexibility index (Phi) is 1.26. The van der Waals surface area contributed by atoms with Crippen LogP contribution in [0.1, 0.15) is 0 Å². The van der Waals surface area contributed by atoms with E-state index in [1.54, 1.807) is 22.8 Å². The molecule has 0 aromatic carbocycles. The SMILES string of the molecule is Nc1ccnn2c(Cl)ccc12. The van der Waals surface area contributed by atoms with Crippen molar-refractivity contribution in [3.05, 3.63) is 29.5 Å². The summed E-state index contributed by atoms with van der Waals surface area (Å²) in [5.41, 5.74) is 7.18. The summed E-state index contributed by atoms with van der Waals surface area (Å²) in [6.45, 7) is 0. The molecule has 0 spiro atoms. The maximum absolute atomic E-state index is 5.79. The molecule has 0 aliphatic carbocycles. The van der Waals surface area contributed by atoms with Gasteiger partial charge in [-0.3, -0.25) is 0 Å². The Morgan fingerprint density at radius 2 is 2.18 bits per heavy atom. The van der Waals surface area contributed by atoms with E-state index in [1.165, 1.54) is 0 Å². The first-order valence-electron chi connectivity index (χ1n) is 3.17. The molecule has 0 fully saturated rings. The second-order valence-electron chi connectivity index (χ2n) is 2.24. The number of aromatic nitrogens is 2. The zero-order valence-electron chi connectivity index (χ0n) is 5.66. The molecule has 2 heterocycles. The van der Waals surface area contributed by atoms with Gasteiger partial charge in [0.05, 0.1) is 17.4 Å². The Hall–Kier alpha value is -1.22. The number of rotatable bonds is 0. The van der Waals surface area contributed by atoms with Gasteiger partial charge < -0.3 is 5.73 Å². The van der Waals surface area contributed by atoms with Gasteiger partial charge in [0.2, 0.25) is 0 Å². The number of hydrogen-bond acceptors (Lipinski definition) is 2. The van der Waals surface area contributed by atoms with Crippen LogP contribution in [0.5, 0.6) is 0 Å². The molecule has 56 valence electrons. The van der Waals surface area contributed by atoms with Crippen LogP contribution in [0.15, 0.2) is 24.4 Å². The monoisotopic (exact) mass is 167 g/mol. The maximum atomic E-state index is 5.79. The molecule has 2 aromatic rings. The van der Waals surface area contributed by atoms with Crippen LogP contribution in [0.4, 0.5) is 5.69 Å². The van der Waals surface area contributed by atoms with E-state index in [4.69, 9.17) is 17.3 Å². The zero-order valence-corrected chi connectivity index (χ0v) is 6.42. The van der Waals surface area contributed by atoms with Crippen LogP contribution >= 0.6 is 11.6 Å². The van der Waals surface area contributed by atoms with E-state index < -0.39 is 0 Å². The van der Waals surface area contributed by atoms with Gasteiger partial charge in [0, 0.05) is 0 Å². The largest absolute Gasteiger partial charge is 0.397 e. The van der Waals surface area contributed by atoms with Gasteiger partial charge in [0.15, 0.2) is 0 Å². The van der Waals surface area contributed by atoms with Gasteiger partial charge in [0.1, 0.15) is 5.15 Å². The fourth-order valence-corrected chi connectivity index (χ4v) is 1.20. The van der Waals surface area contributed by atoms with Gasteiger partial charge in [-0.15, -0.1) is 0 Å². The van der Waals surface area contributed by atoms with Crippen LogP contribution in [-0.2, 0) is 0 Å². The third kappa shape index (κ3) is 0.851. The molecule has 4 heteroatoms. The average molecular weight is 168 g/mol. The molecule has 3 nitrogen and oxygen atoms in total. The van der Waals surface area contributed by atoms with Gasteiger partial charge in [-0.25, -0.2) is 4.52 Å². The number of nitrogen functional groups attached to an aromatic ring is 1. The van der Waals surface area contributed by atoms with E-state index >= 15 is 0 Å². The fraction of sp³-hybridized carbons (Fsp3) is 0. The minimum Gasteiger partial charge on any atom is -0.397 e. The molecule has 2 N–H and O–H groups in total. The lowest BCUT2D eigenvalue weighted by Crippen LogP contribution is -1.94. The van der Waals surface area contributed by atoms with Gasteiger partial charge >= 0.3 is 0 Å². The molecule has 2 aromatic heterocycles. The predicted octanol–water partition coefficient (Wildman–Crippen LogP) is 1.57. The lowest BCUT2D eigenvalue weighted by Gasteiger charge is -1.96. The van der Waals surface area contributed by atoms with Crippen molar-refractivity contribution in [1.29, 1.82) is 0 Å². The highest BCUT2D eigenvalue weighted by Gasteiger charge is 2.00. The lowest BCUT2D eigenvalue weighted by atomic mass is 10.4. The van der Waals surface area contributed by atoms with Gasteiger partial charge in [-0.05, 0) is 18.2 Å². The van der Waals surface area contributed by atoms with Crippen LogP contribution in [0.25, 0.3) is 5.52 Å². The topological polar surface area (TPSA) is 43.3 Å². The molecular weight excluding hydrogens is 162 g/mol. The van der Waals surface area contributed by atoms with Crippen LogP contribution in [0, 0.1) is 0 Å². The molecule has 0 aliphatic heterocycles. The average Bonchev–Trinajstić information content (AvgIpc) is 2.35. The Bertz CT molecular complexity index is 393. The summed E-state index contributed by atoms with van der Waals surface area (Å²) in [7, 11) is 0. The van der Waals surface area contributed by atoms with Crippen LogP contribution in [0.3, 0.4) is 0 Å². The second kappa shape index (κ2) is 2.13. The van der Waals surface area contributed by atoms with Gasteiger partial charge in [-0.1, -0.05) is 11.6 Å². The Balaban J connectivity index is 2.94. The molecule has 0 unspecified atom stereocenters. The summed E-state index contributed by atoms with van der Waals surface area (Å²) >= 11 is 5.79. The number of nitrogens with zero attached hydrogens (tertiary/aromatic N) is 2. The van der Waals surface area contributed by atoms with Crippen molar-refractivity contribution in [2.75, 3.05) is 5.73 Å². The first kappa shape index (κ1) is 6.49. The highest BCUT2D eigenvalue weighted by Crippen LogP contribution is 2.17. The van der Waals surface area contributed by atoms with Crippen molar-refractivity contribution in [1.82, 2.24) is 9.61 Å². The van der Waals surface area contributed by atoms with Crippen LogP contribution in [0.2, 0.25) is 5.15 Å². The third-order valence-corrected chi connectivity index (χ3v) is 1.83.